The van der Waals surface area contributed by atoms with Gasteiger partial charge in [-0.15, -0.1) is 11.6 Å². The monoisotopic (exact) mass is 230 g/mol. The van der Waals surface area contributed by atoms with E-state index in [1.54, 1.807) is 7.11 Å². The summed E-state index contributed by atoms with van der Waals surface area (Å²) in [5, 5.41) is 0. The molecule has 0 amide bonds. The van der Waals surface area contributed by atoms with Crippen LogP contribution in [0.15, 0.2) is 18.2 Å². The van der Waals surface area contributed by atoms with Crippen molar-refractivity contribution in [1.29, 1.82) is 0 Å². The van der Waals surface area contributed by atoms with Crippen LogP contribution in [0.3, 0.4) is 0 Å². The first-order chi connectivity index (χ1) is 7.31. The molecule has 0 unspecified atom stereocenters. The molecule has 0 aromatic heterocycles. The third kappa shape index (κ3) is 3.61. The van der Waals surface area contributed by atoms with Crippen molar-refractivity contribution in [3.63, 3.8) is 0 Å². The van der Waals surface area contributed by atoms with Crippen molar-refractivity contribution < 1.29 is 14.2 Å². The molecule has 0 N–H and O–H groups in total. The van der Waals surface area contributed by atoms with E-state index in [0.29, 0.717) is 24.0 Å². The summed E-state index contributed by atoms with van der Waals surface area (Å²) in [5.74, 6) is 1.79. The lowest BCUT2D eigenvalue weighted by Crippen LogP contribution is -2.03. The fourth-order valence-corrected chi connectivity index (χ4v) is 1.27. The molecule has 0 aliphatic heterocycles. The first-order valence-electron chi connectivity index (χ1n) is 4.75. The van der Waals surface area contributed by atoms with E-state index in [4.69, 9.17) is 25.8 Å². The first-order valence-corrected chi connectivity index (χ1v) is 5.28. The summed E-state index contributed by atoms with van der Waals surface area (Å²) in [4.78, 5) is 0. The zero-order valence-corrected chi connectivity index (χ0v) is 9.71. The molecule has 1 aromatic rings. The van der Waals surface area contributed by atoms with Crippen LogP contribution < -0.4 is 9.47 Å². The SMILES string of the molecule is CCOCOc1cc(CCl)ccc1OC. The van der Waals surface area contributed by atoms with Crippen LogP contribution in [0, 0.1) is 0 Å². The minimum atomic E-state index is 0.221. The molecule has 0 saturated heterocycles. The fraction of sp³-hybridized carbons (Fsp3) is 0.455. The molecule has 3 nitrogen and oxygen atoms in total. The van der Waals surface area contributed by atoms with Gasteiger partial charge in [-0.05, 0) is 24.6 Å². The highest BCUT2D eigenvalue weighted by molar-refractivity contribution is 6.17. The Bertz CT molecular complexity index is 302. The zero-order valence-electron chi connectivity index (χ0n) is 8.96. The van der Waals surface area contributed by atoms with Gasteiger partial charge in [0.1, 0.15) is 0 Å². The van der Waals surface area contributed by atoms with Crippen molar-refractivity contribution in [1.82, 2.24) is 0 Å². The fourth-order valence-electron chi connectivity index (χ4n) is 1.11. The molecule has 0 bridgehead atoms. The third-order valence-corrected chi connectivity index (χ3v) is 2.19. The number of benzene rings is 1. The van der Waals surface area contributed by atoms with Crippen molar-refractivity contribution >= 4 is 11.6 Å². The maximum absolute atomic E-state index is 5.73. The van der Waals surface area contributed by atoms with Crippen LogP contribution in [-0.4, -0.2) is 20.5 Å². The average molecular weight is 231 g/mol. The zero-order chi connectivity index (χ0) is 11.1. The number of ether oxygens (including phenoxy) is 3. The average Bonchev–Trinajstić information content (AvgIpc) is 2.29. The van der Waals surface area contributed by atoms with Crippen LogP contribution >= 0.6 is 11.6 Å². The lowest BCUT2D eigenvalue weighted by atomic mass is 10.2. The van der Waals surface area contributed by atoms with Gasteiger partial charge in [0.25, 0.3) is 0 Å². The molecule has 1 aromatic carbocycles. The summed E-state index contributed by atoms with van der Waals surface area (Å²) in [6.45, 7) is 2.76. The van der Waals surface area contributed by atoms with Gasteiger partial charge < -0.3 is 14.2 Å². The van der Waals surface area contributed by atoms with Crippen molar-refractivity contribution in [3.8, 4) is 11.5 Å². The van der Waals surface area contributed by atoms with E-state index in [-0.39, 0.29) is 6.79 Å². The lowest BCUT2D eigenvalue weighted by molar-refractivity contribution is 0.0209. The van der Waals surface area contributed by atoms with Gasteiger partial charge in [0.05, 0.1) is 7.11 Å². The summed E-state index contributed by atoms with van der Waals surface area (Å²) >= 11 is 5.73. The Morgan fingerprint density at radius 3 is 2.67 bits per heavy atom. The second kappa shape index (κ2) is 6.53. The van der Waals surface area contributed by atoms with E-state index >= 15 is 0 Å². The van der Waals surface area contributed by atoms with Crippen molar-refractivity contribution in [3.05, 3.63) is 23.8 Å². The lowest BCUT2D eigenvalue weighted by Gasteiger charge is -2.11. The molecule has 0 saturated carbocycles. The molecule has 0 aliphatic carbocycles. The topological polar surface area (TPSA) is 27.7 Å². The van der Waals surface area contributed by atoms with E-state index in [1.807, 2.05) is 25.1 Å². The van der Waals surface area contributed by atoms with Crippen LogP contribution in [-0.2, 0) is 10.6 Å². The van der Waals surface area contributed by atoms with Gasteiger partial charge in [0, 0.05) is 12.5 Å². The molecule has 1 rings (SSSR count). The van der Waals surface area contributed by atoms with Crippen molar-refractivity contribution in [2.45, 2.75) is 12.8 Å². The molecular weight excluding hydrogens is 216 g/mol. The number of hydrogen-bond donors (Lipinski definition) is 0. The number of hydrogen-bond acceptors (Lipinski definition) is 3. The molecule has 4 heteroatoms. The van der Waals surface area contributed by atoms with Crippen LogP contribution in [0.5, 0.6) is 11.5 Å². The molecule has 84 valence electrons. The summed E-state index contributed by atoms with van der Waals surface area (Å²) < 4.78 is 15.7. The number of rotatable bonds is 6. The second-order valence-corrected chi connectivity index (χ2v) is 3.14. The van der Waals surface area contributed by atoms with Crippen LogP contribution in [0.2, 0.25) is 0 Å². The Balaban J connectivity index is 2.72. The maximum Gasteiger partial charge on any atom is 0.189 e. The van der Waals surface area contributed by atoms with E-state index < -0.39 is 0 Å². The van der Waals surface area contributed by atoms with Gasteiger partial charge in [0.2, 0.25) is 0 Å². The Hall–Kier alpha value is -0.930. The Labute approximate surface area is 94.9 Å². The maximum atomic E-state index is 5.73. The van der Waals surface area contributed by atoms with Gasteiger partial charge in [-0.1, -0.05) is 6.07 Å². The number of alkyl halides is 1. The van der Waals surface area contributed by atoms with Crippen molar-refractivity contribution in [2.24, 2.45) is 0 Å². The van der Waals surface area contributed by atoms with E-state index in [2.05, 4.69) is 0 Å². The van der Waals surface area contributed by atoms with Gasteiger partial charge in [-0.25, -0.2) is 0 Å². The molecule has 0 radical (unpaired) electrons. The smallest absolute Gasteiger partial charge is 0.189 e. The summed E-state index contributed by atoms with van der Waals surface area (Å²) in [6, 6.07) is 5.59. The molecule has 0 spiro atoms. The van der Waals surface area contributed by atoms with Gasteiger partial charge in [0.15, 0.2) is 18.3 Å². The minimum absolute atomic E-state index is 0.221. The highest BCUT2D eigenvalue weighted by atomic mass is 35.5. The normalized spacial score (nSPS) is 10.1. The van der Waals surface area contributed by atoms with Crippen LogP contribution in [0.25, 0.3) is 0 Å². The standard InChI is InChI=1S/C11H15ClO3/c1-3-14-8-15-11-6-9(7-12)4-5-10(11)13-2/h4-6H,3,7-8H2,1-2H3. The quantitative estimate of drug-likeness (QED) is 0.427. The van der Waals surface area contributed by atoms with Crippen LogP contribution in [0.4, 0.5) is 0 Å². The van der Waals surface area contributed by atoms with E-state index in [0.717, 1.165) is 5.56 Å². The Morgan fingerprint density at radius 2 is 2.07 bits per heavy atom. The van der Waals surface area contributed by atoms with Crippen LogP contribution in [0.1, 0.15) is 12.5 Å². The summed E-state index contributed by atoms with van der Waals surface area (Å²) in [7, 11) is 1.60. The molecule has 0 heterocycles. The number of methoxy groups -OCH3 is 1. The molecule has 15 heavy (non-hydrogen) atoms. The van der Waals surface area contributed by atoms with E-state index in [1.165, 1.54) is 0 Å². The minimum Gasteiger partial charge on any atom is -0.493 e. The molecular formula is C11H15ClO3. The predicted octanol–water partition coefficient (Wildman–Crippen LogP) is 2.81. The van der Waals surface area contributed by atoms with Gasteiger partial charge in [-0.3, -0.25) is 0 Å². The molecule has 0 fully saturated rings. The summed E-state index contributed by atoms with van der Waals surface area (Å²) in [6.07, 6.45) is 0. The highest BCUT2D eigenvalue weighted by Gasteiger charge is 2.05. The van der Waals surface area contributed by atoms with E-state index in [9.17, 15) is 0 Å². The Kier molecular flexibility index (Phi) is 5.29. The van der Waals surface area contributed by atoms with Crippen molar-refractivity contribution in [2.75, 3.05) is 20.5 Å². The molecule has 0 atom stereocenters. The molecule has 0 aliphatic rings. The first kappa shape index (κ1) is 12.1. The highest BCUT2D eigenvalue weighted by Crippen LogP contribution is 2.28. The largest absolute Gasteiger partial charge is 0.493 e. The van der Waals surface area contributed by atoms with Gasteiger partial charge >= 0.3 is 0 Å². The Morgan fingerprint density at radius 1 is 1.27 bits per heavy atom. The predicted molar refractivity (Wildman–Crippen MR) is 59.7 cm³/mol. The number of halogens is 1. The summed E-state index contributed by atoms with van der Waals surface area (Å²) in [5.41, 5.74) is 0.990. The second-order valence-electron chi connectivity index (χ2n) is 2.87. The van der Waals surface area contributed by atoms with Gasteiger partial charge in [-0.2, -0.15) is 0 Å². The third-order valence-electron chi connectivity index (χ3n) is 1.88.